The molecule has 5 rings (SSSR count). The van der Waals surface area contributed by atoms with Crippen molar-refractivity contribution in [3.05, 3.63) is 65.7 Å². The quantitative estimate of drug-likeness (QED) is 0.666. The Balaban J connectivity index is 1.58. The minimum Gasteiger partial charge on any atom is -0.486 e. The van der Waals surface area contributed by atoms with E-state index < -0.39 is 0 Å². The molecule has 3 aromatic carbocycles. The molecule has 3 aromatic rings. The minimum absolute atomic E-state index is 0.104. The SMILES string of the molecule is O=C1CC(c2ccc3c(c2)OCCO3)Oc2c1ccc1ccccc21. The molecule has 0 aliphatic carbocycles. The van der Waals surface area contributed by atoms with Crippen LogP contribution >= 0.6 is 0 Å². The molecule has 0 N–H and O–H groups in total. The molecule has 0 radical (unpaired) electrons. The van der Waals surface area contributed by atoms with Gasteiger partial charge in [0.2, 0.25) is 0 Å². The largest absolute Gasteiger partial charge is 0.486 e. The second-order valence-electron chi connectivity index (χ2n) is 6.30. The molecule has 2 aliphatic heterocycles. The van der Waals surface area contributed by atoms with Crippen LogP contribution in [0, 0.1) is 0 Å². The Morgan fingerprint density at radius 1 is 0.880 bits per heavy atom. The van der Waals surface area contributed by atoms with E-state index in [1.54, 1.807) is 0 Å². The number of fused-ring (bicyclic) bond motifs is 4. The molecule has 0 fully saturated rings. The van der Waals surface area contributed by atoms with Crippen LogP contribution in [0.4, 0.5) is 0 Å². The van der Waals surface area contributed by atoms with Crippen LogP contribution in [0.3, 0.4) is 0 Å². The van der Waals surface area contributed by atoms with Crippen molar-refractivity contribution >= 4 is 16.6 Å². The van der Waals surface area contributed by atoms with Gasteiger partial charge in [0.05, 0.1) is 12.0 Å². The van der Waals surface area contributed by atoms with Crippen molar-refractivity contribution in [1.82, 2.24) is 0 Å². The predicted molar refractivity (Wildman–Crippen MR) is 93.7 cm³/mol. The Bertz CT molecular complexity index is 992. The van der Waals surface area contributed by atoms with Crippen LogP contribution in [0.1, 0.15) is 28.4 Å². The molecule has 0 saturated carbocycles. The van der Waals surface area contributed by atoms with Crippen LogP contribution in [-0.2, 0) is 0 Å². The zero-order valence-corrected chi connectivity index (χ0v) is 13.5. The first-order valence-electron chi connectivity index (χ1n) is 8.41. The van der Waals surface area contributed by atoms with Crippen LogP contribution in [0.25, 0.3) is 10.8 Å². The van der Waals surface area contributed by atoms with Gasteiger partial charge in [-0.2, -0.15) is 0 Å². The number of hydrogen-bond donors (Lipinski definition) is 0. The van der Waals surface area contributed by atoms with Gasteiger partial charge in [-0.05, 0) is 29.1 Å². The second kappa shape index (κ2) is 5.52. The van der Waals surface area contributed by atoms with Gasteiger partial charge in [-0.3, -0.25) is 4.79 Å². The molecule has 4 nitrogen and oxygen atoms in total. The molecule has 0 bridgehead atoms. The molecule has 25 heavy (non-hydrogen) atoms. The van der Waals surface area contributed by atoms with Gasteiger partial charge in [0.25, 0.3) is 0 Å². The maximum absolute atomic E-state index is 12.7. The number of ether oxygens (including phenoxy) is 3. The summed E-state index contributed by atoms with van der Waals surface area (Å²) in [6.07, 6.45) is 0.00646. The fourth-order valence-electron chi connectivity index (χ4n) is 3.50. The van der Waals surface area contributed by atoms with Crippen LogP contribution in [0.2, 0.25) is 0 Å². The summed E-state index contributed by atoms with van der Waals surface area (Å²) >= 11 is 0. The summed E-state index contributed by atoms with van der Waals surface area (Å²) in [6, 6.07) is 17.5. The van der Waals surface area contributed by atoms with E-state index in [0.717, 1.165) is 22.1 Å². The molecule has 2 heterocycles. The zero-order chi connectivity index (χ0) is 16.8. The fraction of sp³-hybridized carbons (Fsp3) is 0.190. The molecule has 0 aromatic heterocycles. The predicted octanol–water partition coefficient (Wildman–Crippen LogP) is 4.32. The Morgan fingerprint density at radius 2 is 1.72 bits per heavy atom. The Morgan fingerprint density at radius 3 is 2.64 bits per heavy atom. The van der Waals surface area contributed by atoms with Gasteiger partial charge in [-0.15, -0.1) is 0 Å². The average molecular weight is 332 g/mol. The third-order valence-electron chi connectivity index (χ3n) is 4.75. The highest BCUT2D eigenvalue weighted by molar-refractivity contribution is 6.06. The third kappa shape index (κ3) is 2.33. The van der Waals surface area contributed by atoms with Crippen LogP contribution in [0.15, 0.2) is 54.6 Å². The molecular formula is C21H16O4. The molecule has 1 atom stereocenters. The summed E-state index contributed by atoms with van der Waals surface area (Å²) in [5.74, 6) is 2.23. The van der Waals surface area contributed by atoms with E-state index in [9.17, 15) is 4.79 Å². The van der Waals surface area contributed by atoms with Gasteiger partial charge in [0, 0.05) is 5.39 Å². The first-order chi connectivity index (χ1) is 12.3. The van der Waals surface area contributed by atoms with Crippen molar-refractivity contribution in [2.45, 2.75) is 12.5 Å². The molecule has 0 saturated heterocycles. The van der Waals surface area contributed by atoms with E-state index in [1.165, 1.54) is 0 Å². The molecule has 124 valence electrons. The lowest BCUT2D eigenvalue weighted by Gasteiger charge is -2.27. The number of rotatable bonds is 1. The minimum atomic E-state index is -0.318. The number of ketones is 1. The number of benzene rings is 3. The van der Waals surface area contributed by atoms with Crippen LogP contribution < -0.4 is 14.2 Å². The fourth-order valence-corrected chi connectivity index (χ4v) is 3.50. The van der Waals surface area contributed by atoms with Crippen molar-refractivity contribution in [2.75, 3.05) is 13.2 Å². The van der Waals surface area contributed by atoms with E-state index in [2.05, 4.69) is 0 Å². The lowest BCUT2D eigenvalue weighted by atomic mass is 9.93. The molecule has 2 aliphatic rings. The first kappa shape index (κ1) is 14.3. The second-order valence-corrected chi connectivity index (χ2v) is 6.30. The van der Waals surface area contributed by atoms with E-state index in [0.29, 0.717) is 36.7 Å². The maximum Gasteiger partial charge on any atom is 0.170 e. The standard InChI is InChI=1S/C21H16O4/c22-17-12-19(14-6-8-18-20(11-14)24-10-9-23-18)25-21-15-4-2-1-3-13(15)5-7-16(17)21/h1-8,11,19H,9-10,12H2. The Hall–Kier alpha value is -3.01. The molecule has 4 heteroatoms. The van der Waals surface area contributed by atoms with Gasteiger partial charge < -0.3 is 14.2 Å². The lowest BCUT2D eigenvalue weighted by molar-refractivity contribution is 0.0852. The molecule has 0 spiro atoms. The normalized spacial score (nSPS) is 18.6. The van der Waals surface area contributed by atoms with Crippen molar-refractivity contribution in [2.24, 2.45) is 0 Å². The van der Waals surface area contributed by atoms with Crippen molar-refractivity contribution in [3.63, 3.8) is 0 Å². The summed E-state index contributed by atoms with van der Waals surface area (Å²) in [5, 5.41) is 2.03. The highest BCUT2D eigenvalue weighted by atomic mass is 16.6. The summed E-state index contributed by atoms with van der Waals surface area (Å²) in [5.41, 5.74) is 1.59. The van der Waals surface area contributed by atoms with E-state index in [-0.39, 0.29) is 11.9 Å². The van der Waals surface area contributed by atoms with Crippen molar-refractivity contribution in [1.29, 1.82) is 0 Å². The van der Waals surface area contributed by atoms with Crippen LogP contribution in [-0.4, -0.2) is 19.0 Å². The van der Waals surface area contributed by atoms with Gasteiger partial charge >= 0.3 is 0 Å². The number of Topliss-reactive ketones (excluding diaryl/α,β-unsaturated/α-hetero) is 1. The van der Waals surface area contributed by atoms with Gasteiger partial charge in [-0.25, -0.2) is 0 Å². The van der Waals surface area contributed by atoms with Crippen molar-refractivity contribution < 1.29 is 19.0 Å². The van der Waals surface area contributed by atoms with Crippen LogP contribution in [0.5, 0.6) is 17.2 Å². The number of carbonyl (C=O) groups is 1. The maximum atomic E-state index is 12.7. The Labute approximate surface area is 144 Å². The monoisotopic (exact) mass is 332 g/mol. The van der Waals surface area contributed by atoms with E-state index in [1.807, 2.05) is 54.6 Å². The summed E-state index contributed by atoms with van der Waals surface area (Å²) in [6.45, 7) is 1.10. The Kier molecular flexibility index (Phi) is 3.17. The van der Waals surface area contributed by atoms with E-state index in [4.69, 9.17) is 14.2 Å². The lowest BCUT2D eigenvalue weighted by Crippen LogP contribution is -2.21. The average Bonchev–Trinajstić information content (AvgIpc) is 2.67. The number of hydrogen-bond acceptors (Lipinski definition) is 4. The molecule has 1 unspecified atom stereocenters. The smallest absolute Gasteiger partial charge is 0.170 e. The molecule has 0 amide bonds. The molecular weight excluding hydrogens is 316 g/mol. The van der Waals surface area contributed by atoms with Gasteiger partial charge in [0.15, 0.2) is 17.3 Å². The van der Waals surface area contributed by atoms with Gasteiger partial charge in [-0.1, -0.05) is 36.4 Å². The highest BCUT2D eigenvalue weighted by Gasteiger charge is 2.29. The number of carbonyl (C=O) groups excluding carboxylic acids is 1. The summed E-state index contributed by atoms with van der Waals surface area (Å²) < 4.78 is 17.5. The first-order valence-corrected chi connectivity index (χ1v) is 8.41. The van der Waals surface area contributed by atoms with E-state index >= 15 is 0 Å². The van der Waals surface area contributed by atoms with Crippen molar-refractivity contribution in [3.8, 4) is 17.2 Å². The highest BCUT2D eigenvalue weighted by Crippen LogP contribution is 2.41. The summed E-state index contributed by atoms with van der Waals surface area (Å²) in [4.78, 5) is 12.7. The summed E-state index contributed by atoms with van der Waals surface area (Å²) in [7, 11) is 0. The topological polar surface area (TPSA) is 44.8 Å². The van der Waals surface area contributed by atoms with Gasteiger partial charge in [0.1, 0.15) is 25.1 Å². The zero-order valence-electron chi connectivity index (χ0n) is 13.5. The third-order valence-corrected chi connectivity index (χ3v) is 4.75.